The molecule has 16 heavy (non-hydrogen) atoms. The number of nitrogens with two attached hydrogens (primary N) is 1. The molecule has 4 nitrogen and oxygen atoms in total. The first-order valence-corrected chi connectivity index (χ1v) is 5.22. The minimum atomic E-state index is -0.413. The van der Waals surface area contributed by atoms with Crippen LogP contribution in [0.3, 0.4) is 0 Å². The van der Waals surface area contributed by atoms with E-state index in [9.17, 15) is 9.59 Å². The summed E-state index contributed by atoms with van der Waals surface area (Å²) in [7, 11) is 0. The van der Waals surface area contributed by atoms with Crippen LogP contribution in [-0.4, -0.2) is 29.8 Å². The molecule has 0 unspecified atom stereocenters. The van der Waals surface area contributed by atoms with Gasteiger partial charge in [-0.25, -0.2) is 0 Å². The lowest BCUT2D eigenvalue weighted by Crippen LogP contribution is -2.38. The number of carbonyl (C=O) groups is 2. The van der Waals surface area contributed by atoms with Crippen LogP contribution in [0.5, 0.6) is 0 Å². The lowest BCUT2D eigenvalue weighted by Gasteiger charge is -2.18. The van der Waals surface area contributed by atoms with Crippen LogP contribution in [-0.2, 0) is 4.79 Å². The molecule has 1 rings (SSSR count). The molecule has 5 heteroatoms. The number of imide groups is 1. The lowest BCUT2D eigenvalue weighted by molar-refractivity contribution is -0.126. The molecular weight excluding hydrogens is 228 g/mol. The first kappa shape index (κ1) is 12.7. The summed E-state index contributed by atoms with van der Waals surface area (Å²) < 4.78 is 0. The molecule has 1 aromatic carbocycles. The van der Waals surface area contributed by atoms with Crippen molar-refractivity contribution in [2.24, 2.45) is 5.73 Å². The molecule has 86 valence electrons. The minimum absolute atomic E-state index is 0.194. The summed E-state index contributed by atoms with van der Waals surface area (Å²) in [5.74, 6) is -0.751. The van der Waals surface area contributed by atoms with Crippen LogP contribution in [0.2, 0.25) is 5.02 Å². The highest BCUT2D eigenvalue weighted by atomic mass is 35.5. The quantitative estimate of drug-likeness (QED) is 0.866. The summed E-state index contributed by atoms with van der Waals surface area (Å²) >= 11 is 5.88. The molecule has 0 heterocycles. The summed E-state index contributed by atoms with van der Waals surface area (Å²) in [5.41, 5.74) is 5.65. The van der Waals surface area contributed by atoms with E-state index in [1.165, 1.54) is 6.92 Å². The third-order valence-corrected chi connectivity index (χ3v) is 2.41. The first-order chi connectivity index (χ1) is 7.57. The zero-order valence-corrected chi connectivity index (χ0v) is 9.70. The Morgan fingerprint density at radius 3 is 2.50 bits per heavy atom. The molecule has 0 radical (unpaired) electrons. The minimum Gasteiger partial charge on any atom is -0.329 e. The molecule has 0 saturated heterocycles. The number of carbonyl (C=O) groups excluding carboxylic acids is 2. The molecule has 0 aromatic heterocycles. The molecule has 2 N–H and O–H groups in total. The maximum atomic E-state index is 12.0. The van der Waals surface area contributed by atoms with Gasteiger partial charge in [-0.15, -0.1) is 0 Å². The second-order valence-electron chi connectivity index (χ2n) is 3.24. The number of benzene rings is 1. The number of rotatable bonds is 3. The van der Waals surface area contributed by atoms with Crippen LogP contribution in [0.15, 0.2) is 24.3 Å². The molecule has 0 bridgehead atoms. The number of halogens is 1. The predicted octanol–water partition coefficient (Wildman–Crippen LogP) is 1.29. The summed E-state index contributed by atoms with van der Waals surface area (Å²) in [4.78, 5) is 24.3. The van der Waals surface area contributed by atoms with E-state index in [2.05, 4.69) is 0 Å². The van der Waals surface area contributed by atoms with Crippen LogP contribution in [0.25, 0.3) is 0 Å². The predicted molar refractivity (Wildman–Crippen MR) is 62.2 cm³/mol. The molecule has 2 amide bonds. The van der Waals surface area contributed by atoms with Crippen molar-refractivity contribution in [3.63, 3.8) is 0 Å². The number of hydrogen-bond donors (Lipinski definition) is 1. The van der Waals surface area contributed by atoms with Gasteiger partial charge in [-0.1, -0.05) is 23.7 Å². The summed E-state index contributed by atoms with van der Waals surface area (Å²) in [6, 6.07) is 6.60. The first-order valence-electron chi connectivity index (χ1n) is 4.85. The number of nitrogens with zero attached hydrogens (tertiary/aromatic N) is 1. The standard InChI is InChI=1S/C11H13ClN2O2/c1-8(15)14(7-6-13)11(16)9-4-2-3-5-10(9)12/h2-5H,6-7,13H2,1H3. The van der Waals surface area contributed by atoms with Gasteiger partial charge in [-0.05, 0) is 12.1 Å². The summed E-state index contributed by atoms with van der Waals surface area (Å²) in [5, 5.41) is 0.329. The fourth-order valence-electron chi connectivity index (χ4n) is 1.31. The van der Waals surface area contributed by atoms with Gasteiger partial charge in [-0.2, -0.15) is 0 Å². The molecule has 0 aliphatic carbocycles. The van der Waals surface area contributed by atoms with E-state index >= 15 is 0 Å². The van der Waals surface area contributed by atoms with Gasteiger partial charge in [0.2, 0.25) is 5.91 Å². The van der Waals surface area contributed by atoms with Gasteiger partial charge in [0.15, 0.2) is 0 Å². The van der Waals surface area contributed by atoms with Crippen molar-refractivity contribution in [1.82, 2.24) is 4.90 Å². The monoisotopic (exact) mass is 240 g/mol. The van der Waals surface area contributed by atoms with E-state index in [1.54, 1.807) is 24.3 Å². The fourth-order valence-corrected chi connectivity index (χ4v) is 1.53. The smallest absolute Gasteiger partial charge is 0.262 e. The SMILES string of the molecule is CC(=O)N(CCN)C(=O)c1ccccc1Cl. The normalized spacial score (nSPS) is 9.94. The average Bonchev–Trinajstić information content (AvgIpc) is 2.25. The van der Waals surface area contributed by atoms with Crippen molar-refractivity contribution in [3.8, 4) is 0 Å². The van der Waals surface area contributed by atoms with Crippen molar-refractivity contribution >= 4 is 23.4 Å². The number of hydrogen-bond acceptors (Lipinski definition) is 3. The average molecular weight is 241 g/mol. The van der Waals surface area contributed by atoms with E-state index in [4.69, 9.17) is 17.3 Å². The van der Waals surface area contributed by atoms with Gasteiger partial charge in [0, 0.05) is 20.0 Å². The molecular formula is C11H13ClN2O2. The molecule has 0 aliphatic rings. The Bertz CT molecular complexity index is 407. The van der Waals surface area contributed by atoms with E-state index in [1.807, 2.05) is 0 Å². The maximum absolute atomic E-state index is 12.0. The van der Waals surface area contributed by atoms with Gasteiger partial charge >= 0.3 is 0 Å². The van der Waals surface area contributed by atoms with Crippen molar-refractivity contribution in [1.29, 1.82) is 0 Å². The van der Waals surface area contributed by atoms with Gasteiger partial charge in [0.1, 0.15) is 0 Å². The topological polar surface area (TPSA) is 63.4 Å². The van der Waals surface area contributed by atoms with Crippen LogP contribution in [0, 0.1) is 0 Å². The largest absolute Gasteiger partial charge is 0.329 e. The Kier molecular flexibility index (Phi) is 4.46. The Morgan fingerprint density at radius 2 is 2.00 bits per heavy atom. The second kappa shape index (κ2) is 5.63. The van der Waals surface area contributed by atoms with Crippen LogP contribution in [0.4, 0.5) is 0 Å². The Hall–Kier alpha value is -1.39. The highest BCUT2D eigenvalue weighted by Gasteiger charge is 2.20. The van der Waals surface area contributed by atoms with Crippen LogP contribution in [0.1, 0.15) is 17.3 Å². The van der Waals surface area contributed by atoms with Gasteiger partial charge < -0.3 is 5.73 Å². The van der Waals surface area contributed by atoms with E-state index in [0.29, 0.717) is 10.6 Å². The fraction of sp³-hybridized carbons (Fsp3) is 0.273. The zero-order valence-electron chi connectivity index (χ0n) is 8.94. The van der Waals surface area contributed by atoms with Crippen molar-refractivity contribution in [3.05, 3.63) is 34.9 Å². The van der Waals surface area contributed by atoms with Gasteiger partial charge in [-0.3, -0.25) is 14.5 Å². The highest BCUT2D eigenvalue weighted by molar-refractivity contribution is 6.34. The van der Waals surface area contributed by atoms with Crippen molar-refractivity contribution in [2.75, 3.05) is 13.1 Å². The summed E-state index contributed by atoms with van der Waals surface area (Å²) in [6.45, 7) is 1.75. The molecule has 0 atom stereocenters. The second-order valence-corrected chi connectivity index (χ2v) is 3.65. The Morgan fingerprint density at radius 1 is 1.38 bits per heavy atom. The molecule has 0 spiro atoms. The molecule has 0 fully saturated rings. The van der Waals surface area contributed by atoms with E-state index < -0.39 is 5.91 Å². The van der Waals surface area contributed by atoms with E-state index in [0.717, 1.165) is 4.90 Å². The molecule has 1 aromatic rings. The highest BCUT2D eigenvalue weighted by Crippen LogP contribution is 2.16. The van der Waals surface area contributed by atoms with Crippen LogP contribution >= 0.6 is 11.6 Å². The zero-order chi connectivity index (χ0) is 12.1. The van der Waals surface area contributed by atoms with Crippen molar-refractivity contribution in [2.45, 2.75) is 6.92 Å². The van der Waals surface area contributed by atoms with Gasteiger partial charge in [0.05, 0.1) is 10.6 Å². The van der Waals surface area contributed by atoms with Crippen LogP contribution < -0.4 is 5.73 Å². The summed E-state index contributed by atoms with van der Waals surface area (Å²) in [6.07, 6.45) is 0. The molecule has 0 saturated carbocycles. The maximum Gasteiger partial charge on any atom is 0.262 e. The third kappa shape index (κ3) is 2.81. The Balaban J connectivity index is 2.99. The molecule has 0 aliphatic heterocycles. The third-order valence-electron chi connectivity index (χ3n) is 2.08. The van der Waals surface area contributed by atoms with Gasteiger partial charge in [0.25, 0.3) is 5.91 Å². The number of amides is 2. The Labute approximate surface area is 99.0 Å². The van der Waals surface area contributed by atoms with E-state index in [-0.39, 0.29) is 19.0 Å². The van der Waals surface area contributed by atoms with Crippen molar-refractivity contribution < 1.29 is 9.59 Å². The lowest BCUT2D eigenvalue weighted by atomic mass is 10.2.